The van der Waals surface area contributed by atoms with Crippen LogP contribution in [0.1, 0.15) is 30.1 Å². The third-order valence-electron chi connectivity index (χ3n) is 3.05. The predicted octanol–water partition coefficient (Wildman–Crippen LogP) is 3.89. The summed E-state index contributed by atoms with van der Waals surface area (Å²) in [5.74, 6) is 0.872. The lowest BCUT2D eigenvalue weighted by molar-refractivity contribution is 0.0943. The maximum atomic E-state index is 12.1. The standard InChI is InChI=1S/C14H19BrClNO2/c1-3-10(6-7-15)9-17-14(18)12-8-11(16)4-5-13(12)19-2/h4-5,8,10H,3,6-7,9H2,1-2H3,(H,17,18). The molecule has 0 aliphatic heterocycles. The largest absolute Gasteiger partial charge is 0.496 e. The highest BCUT2D eigenvalue weighted by molar-refractivity contribution is 9.09. The summed E-state index contributed by atoms with van der Waals surface area (Å²) in [7, 11) is 1.54. The molecular formula is C14H19BrClNO2. The molecule has 0 saturated heterocycles. The van der Waals surface area contributed by atoms with Crippen LogP contribution in [-0.4, -0.2) is 24.9 Å². The molecule has 1 aromatic rings. The van der Waals surface area contributed by atoms with E-state index in [0.29, 0.717) is 28.8 Å². The summed E-state index contributed by atoms with van der Waals surface area (Å²) in [6.45, 7) is 2.79. The molecule has 0 spiro atoms. The van der Waals surface area contributed by atoms with Crippen LogP contribution in [0.5, 0.6) is 5.75 Å². The summed E-state index contributed by atoms with van der Waals surface area (Å²) in [6, 6.07) is 5.03. The highest BCUT2D eigenvalue weighted by atomic mass is 79.9. The minimum Gasteiger partial charge on any atom is -0.496 e. The van der Waals surface area contributed by atoms with Gasteiger partial charge in [0.15, 0.2) is 0 Å². The van der Waals surface area contributed by atoms with E-state index >= 15 is 0 Å². The van der Waals surface area contributed by atoms with Crippen LogP contribution in [-0.2, 0) is 0 Å². The summed E-state index contributed by atoms with van der Waals surface area (Å²) in [6.07, 6.45) is 2.09. The van der Waals surface area contributed by atoms with Gasteiger partial charge in [0.1, 0.15) is 5.75 Å². The first-order valence-corrected chi connectivity index (χ1v) is 7.80. The average molecular weight is 349 g/mol. The van der Waals surface area contributed by atoms with E-state index in [4.69, 9.17) is 16.3 Å². The van der Waals surface area contributed by atoms with Gasteiger partial charge in [0, 0.05) is 16.9 Å². The Labute approximate surface area is 127 Å². The number of methoxy groups -OCH3 is 1. The highest BCUT2D eigenvalue weighted by Gasteiger charge is 2.14. The van der Waals surface area contributed by atoms with Crippen LogP contribution in [0.4, 0.5) is 0 Å². The van der Waals surface area contributed by atoms with Gasteiger partial charge in [-0.1, -0.05) is 40.9 Å². The average Bonchev–Trinajstić information content (AvgIpc) is 2.43. The molecular weight excluding hydrogens is 330 g/mol. The number of ether oxygens (including phenoxy) is 1. The topological polar surface area (TPSA) is 38.3 Å². The summed E-state index contributed by atoms with van der Waals surface area (Å²) < 4.78 is 5.18. The lowest BCUT2D eigenvalue weighted by Gasteiger charge is -2.15. The van der Waals surface area contributed by atoms with E-state index in [1.54, 1.807) is 25.3 Å². The SMILES string of the molecule is CCC(CCBr)CNC(=O)c1cc(Cl)ccc1OC. The third-order valence-corrected chi connectivity index (χ3v) is 3.75. The van der Waals surface area contributed by atoms with Gasteiger partial charge in [0.25, 0.3) is 5.91 Å². The van der Waals surface area contributed by atoms with E-state index in [-0.39, 0.29) is 5.91 Å². The number of amides is 1. The molecule has 19 heavy (non-hydrogen) atoms. The summed E-state index contributed by atoms with van der Waals surface area (Å²) in [5, 5.41) is 4.41. The van der Waals surface area contributed by atoms with E-state index in [2.05, 4.69) is 28.2 Å². The van der Waals surface area contributed by atoms with Gasteiger partial charge >= 0.3 is 0 Å². The quantitative estimate of drug-likeness (QED) is 0.759. The van der Waals surface area contributed by atoms with Crippen molar-refractivity contribution in [2.24, 2.45) is 5.92 Å². The van der Waals surface area contributed by atoms with E-state index in [0.717, 1.165) is 18.2 Å². The van der Waals surface area contributed by atoms with Gasteiger partial charge in [0.2, 0.25) is 0 Å². The number of nitrogens with one attached hydrogen (secondary N) is 1. The molecule has 3 nitrogen and oxygen atoms in total. The fourth-order valence-corrected chi connectivity index (χ4v) is 2.61. The van der Waals surface area contributed by atoms with Crippen molar-refractivity contribution in [2.75, 3.05) is 19.0 Å². The normalized spacial score (nSPS) is 12.0. The Hall–Kier alpha value is -0.740. The maximum absolute atomic E-state index is 12.1. The van der Waals surface area contributed by atoms with Crippen LogP contribution < -0.4 is 10.1 Å². The highest BCUT2D eigenvalue weighted by Crippen LogP contribution is 2.22. The number of hydrogen-bond donors (Lipinski definition) is 1. The van der Waals surface area contributed by atoms with Crippen molar-refractivity contribution in [2.45, 2.75) is 19.8 Å². The second-order valence-electron chi connectivity index (χ2n) is 4.31. The number of halogens is 2. The molecule has 1 rings (SSSR count). The number of carbonyl (C=O) groups is 1. The summed E-state index contributed by atoms with van der Waals surface area (Å²) >= 11 is 9.34. The van der Waals surface area contributed by atoms with Gasteiger partial charge in [-0.05, 0) is 30.5 Å². The lowest BCUT2D eigenvalue weighted by Crippen LogP contribution is -2.29. The molecule has 1 amide bonds. The molecule has 5 heteroatoms. The fourth-order valence-electron chi connectivity index (χ4n) is 1.79. The fraction of sp³-hybridized carbons (Fsp3) is 0.500. The van der Waals surface area contributed by atoms with Crippen LogP contribution in [0.2, 0.25) is 5.02 Å². The molecule has 0 bridgehead atoms. The number of benzene rings is 1. The van der Waals surface area contributed by atoms with Gasteiger partial charge in [-0.2, -0.15) is 0 Å². The molecule has 1 unspecified atom stereocenters. The molecule has 106 valence electrons. The van der Waals surface area contributed by atoms with Gasteiger partial charge in [-0.25, -0.2) is 0 Å². The Morgan fingerprint density at radius 3 is 2.84 bits per heavy atom. The van der Waals surface area contributed by atoms with Crippen LogP contribution in [0.15, 0.2) is 18.2 Å². The van der Waals surface area contributed by atoms with E-state index in [1.807, 2.05) is 0 Å². The van der Waals surface area contributed by atoms with Crippen molar-refractivity contribution in [1.29, 1.82) is 0 Å². The van der Waals surface area contributed by atoms with Crippen molar-refractivity contribution >= 4 is 33.4 Å². The first kappa shape index (κ1) is 16.3. The van der Waals surface area contributed by atoms with Crippen LogP contribution in [0.3, 0.4) is 0 Å². The van der Waals surface area contributed by atoms with Gasteiger partial charge < -0.3 is 10.1 Å². The van der Waals surface area contributed by atoms with Crippen molar-refractivity contribution < 1.29 is 9.53 Å². The zero-order valence-electron chi connectivity index (χ0n) is 11.2. The predicted molar refractivity (Wildman–Crippen MR) is 82.5 cm³/mol. The summed E-state index contributed by atoms with van der Waals surface area (Å²) in [5.41, 5.74) is 0.476. The smallest absolute Gasteiger partial charge is 0.255 e. The van der Waals surface area contributed by atoms with Crippen molar-refractivity contribution in [3.05, 3.63) is 28.8 Å². The molecule has 0 aliphatic carbocycles. The van der Waals surface area contributed by atoms with Crippen LogP contribution in [0.25, 0.3) is 0 Å². The number of alkyl halides is 1. The Morgan fingerprint density at radius 1 is 1.53 bits per heavy atom. The van der Waals surface area contributed by atoms with E-state index in [1.165, 1.54) is 0 Å². The Kier molecular flexibility index (Phi) is 7.24. The molecule has 1 aromatic carbocycles. The van der Waals surface area contributed by atoms with Crippen molar-refractivity contribution in [1.82, 2.24) is 5.32 Å². The molecule has 0 fully saturated rings. The van der Waals surface area contributed by atoms with Crippen molar-refractivity contribution in [3.63, 3.8) is 0 Å². The van der Waals surface area contributed by atoms with Gasteiger partial charge in [-0.15, -0.1) is 0 Å². The molecule has 1 N–H and O–H groups in total. The van der Waals surface area contributed by atoms with E-state index in [9.17, 15) is 4.79 Å². The third kappa shape index (κ3) is 5.03. The van der Waals surface area contributed by atoms with Crippen molar-refractivity contribution in [3.8, 4) is 5.75 Å². The molecule has 0 aliphatic rings. The zero-order valence-corrected chi connectivity index (χ0v) is 13.6. The Balaban J connectivity index is 2.69. The monoisotopic (exact) mass is 347 g/mol. The van der Waals surface area contributed by atoms with Crippen LogP contribution >= 0.6 is 27.5 Å². The number of carbonyl (C=O) groups excluding carboxylic acids is 1. The zero-order chi connectivity index (χ0) is 14.3. The van der Waals surface area contributed by atoms with Gasteiger partial charge in [0.05, 0.1) is 12.7 Å². The molecule has 0 radical (unpaired) electrons. The second-order valence-corrected chi connectivity index (χ2v) is 5.54. The Morgan fingerprint density at radius 2 is 2.26 bits per heavy atom. The molecule has 0 saturated carbocycles. The van der Waals surface area contributed by atoms with Gasteiger partial charge in [-0.3, -0.25) is 4.79 Å². The molecule has 1 atom stereocenters. The minimum atomic E-state index is -0.146. The minimum absolute atomic E-state index is 0.146. The Bertz CT molecular complexity index is 426. The first-order valence-electron chi connectivity index (χ1n) is 6.30. The second kappa shape index (κ2) is 8.43. The first-order chi connectivity index (χ1) is 9.12. The number of rotatable bonds is 7. The number of hydrogen-bond acceptors (Lipinski definition) is 2. The van der Waals surface area contributed by atoms with E-state index < -0.39 is 0 Å². The molecule has 0 heterocycles. The molecule has 0 aromatic heterocycles. The maximum Gasteiger partial charge on any atom is 0.255 e. The lowest BCUT2D eigenvalue weighted by atomic mass is 10.0. The summed E-state index contributed by atoms with van der Waals surface area (Å²) in [4.78, 5) is 12.1. The van der Waals surface area contributed by atoms with Crippen LogP contribution in [0, 0.1) is 5.92 Å².